The van der Waals surface area contributed by atoms with Crippen molar-refractivity contribution in [2.45, 2.75) is 39.0 Å². The molecule has 23 heavy (non-hydrogen) atoms. The molecule has 0 aromatic heterocycles. The molecule has 4 nitrogen and oxygen atoms in total. The monoisotopic (exact) mass is 313 g/mol. The topological polar surface area (TPSA) is 54.5 Å². The van der Waals surface area contributed by atoms with Gasteiger partial charge in [0.2, 0.25) is 6.41 Å². The molecule has 0 N–H and O–H groups in total. The van der Waals surface area contributed by atoms with Crippen LogP contribution in [0.2, 0.25) is 0 Å². The second kappa shape index (κ2) is 10.3. The molecule has 4 heteroatoms. The minimum atomic E-state index is -0.318. The Morgan fingerprint density at radius 2 is 1.91 bits per heavy atom. The second-order valence-electron chi connectivity index (χ2n) is 5.36. The molecular weight excluding hydrogens is 290 g/mol. The SMILES string of the molecule is C=C=CCCCC(=O)CCCN(C=O)C(=O)c1ccccc1C. The number of allylic oxidation sites excluding steroid dienone is 1. The zero-order valence-electron chi connectivity index (χ0n) is 13.6. The van der Waals surface area contributed by atoms with Crippen LogP contribution in [0.1, 0.15) is 48.0 Å². The standard InChI is InChI=1S/C19H23NO3/c1-3-4-5-6-11-17(22)12-9-14-20(15-21)19(23)18-13-8-7-10-16(18)2/h4,7-8,10,13,15H,1,5-6,9,11-12,14H2,2H3. The third-order valence-corrected chi connectivity index (χ3v) is 3.57. The highest BCUT2D eigenvalue weighted by Crippen LogP contribution is 2.11. The Bertz CT molecular complexity index is 600. The van der Waals surface area contributed by atoms with Crippen LogP contribution >= 0.6 is 0 Å². The summed E-state index contributed by atoms with van der Waals surface area (Å²) in [5.74, 6) is -0.168. The summed E-state index contributed by atoms with van der Waals surface area (Å²) in [7, 11) is 0. The quantitative estimate of drug-likeness (QED) is 0.378. The van der Waals surface area contributed by atoms with Crippen LogP contribution in [0.25, 0.3) is 0 Å². The van der Waals surface area contributed by atoms with E-state index in [2.05, 4.69) is 12.3 Å². The van der Waals surface area contributed by atoms with Crippen molar-refractivity contribution >= 4 is 18.1 Å². The van der Waals surface area contributed by atoms with Crippen LogP contribution in [0.4, 0.5) is 0 Å². The number of rotatable bonds is 10. The molecule has 0 unspecified atom stereocenters. The van der Waals surface area contributed by atoms with Gasteiger partial charge in [-0.25, -0.2) is 0 Å². The number of hydrogen-bond acceptors (Lipinski definition) is 3. The molecule has 0 heterocycles. The number of aryl methyl sites for hydroxylation is 1. The van der Waals surface area contributed by atoms with Gasteiger partial charge in [-0.15, -0.1) is 5.73 Å². The Morgan fingerprint density at radius 3 is 2.57 bits per heavy atom. The smallest absolute Gasteiger partial charge is 0.260 e. The number of amides is 2. The van der Waals surface area contributed by atoms with Crippen LogP contribution < -0.4 is 0 Å². The van der Waals surface area contributed by atoms with Gasteiger partial charge in [0.1, 0.15) is 5.78 Å². The Hall–Kier alpha value is -2.45. The van der Waals surface area contributed by atoms with Crippen LogP contribution in [0, 0.1) is 6.92 Å². The van der Waals surface area contributed by atoms with E-state index in [4.69, 9.17) is 0 Å². The lowest BCUT2D eigenvalue weighted by atomic mass is 10.1. The van der Waals surface area contributed by atoms with Gasteiger partial charge in [0.15, 0.2) is 0 Å². The van der Waals surface area contributed by atoms with Gasteiger partial charge in [0.05, 0.1) is 0 Å². The first-order valence-electron chi connectivity index (χ1n) is 7.78. The summed E-state index contributed by atoms with van der Waals surface area (Å²) in [6, 6.07) is 7.14. The fourth-order valence-electron chi connectivity index (χ4n) is 2.24. The molecule has 1 rings (SSSR count). The molecule has 0 saturated heterocycles. The summed E-state index contributed by atoms with van der Waals surface area (Å²) in [6.07, 6.45) is 5.29. The van der Waals surface area contributed by atoms with Crippen LogP contribution in [-0.4, -0.2) is 29.5 Å². The summed E-state index contributed by atoms with van der Waals surface area (Å²) >= 11 is 0. The van der Waals surface area contributed by atoms with Crippen molar-refractivity contribution in [3.63, 3.8) is 0 Å². The van der Waals surface area contributed by atoms with E-state index in [0.717, 1.165) is 23.3 Å². The van der Waals surface area contributed by atoms with Gasteiger partial charge in [0.25, 0.3) is 5.91 Å². The van der Waals surface area contributed by atoms with Gasteiger partial charge in [-0.1, -0.05) is 24.8 Å². The number of ketones is 1. The van der Waals surface area contributed by atoms with Crippen molar-refractivity contribution < 1.29 is 14.4 Å². The van der Waals surface area contributed by atoms with Gasteiger partial charge in [-0.2, -0.15) is 0 Å². The first-order valence-corrected chi connectivity index (χ1v) is 7.78. The first-order chi connectivity index (χ1) is 11.1. The normalized spacial score (nSPS) is 9.78. The summed E-state index contributed by atoms with van der Waals surface area (Å²) in [4.78, 5) is 36.3. The average molecular weight is 313 g/mol. The summed E-state index contributed by atoms with van der Waals surface area (Å²) < 4.78 is 0. The van der Waals surface area contributed by atoms with E-state index in [0.29, 0.717) is 31.2 Å². The predicted molar refractivity (Wildman–Crippen MR) is 90.1 cm³/mol. The lowest BCUT2D eigenvalue weighted by Gasteiger charge is -2.16. The van der Waals surface area contributed by atoms with Crippen molar-refractivity contribution in [3.8, 4) is 0 Å². The Balaban J connectivity index is 2.43. The van der Waals surface area contributed by atoms with Crippen molar-refractivity contribution in [2.24, 2.45) is 0 Å². The number of unbranched alkanes of at least 4 members (excludes halogenated alkanes) is 1. The number of imide groups is 1. The molecular formula is C19H23NO3. The van der Waals surface area contributed by atoms with Gasteiger partial charge >= 0.3 is 0 Å². The highest BCUT2D eigenvalue weighted by molar-refractivity contribution is 6.00. The highest BCUT2D eigenvalue weighted by atomic mass is 16.2. The fourth-order valence-corrected chi connectivity index (χ4v) is 2.24. The van der Waals surface area contributed by atoms with E-state index in [1.165, 1.54) is 0 Å². The highest BCUT2D eigenvalue weighted by Gasteiger charge is 2.16. The first kappa shape index (κ1) is 18.6. The predicted octanol–water partition coefficient (Wildman–Crippen LogP) is 3.45. The van der Waals surface area contributed by atoms with Gasteiger partial charge in [-0.05, 0) is 43.9 Å². The average Bonchev–Trinajstić information content (AvgIpc) is 2.55. The zero-order chi connectivity index (χ0) is 17.1. The van der Waals surface area contributed by atoms with E-state index >= 15 is 0 Å². The molecule has 0 aliphatic carbocycles. The van der Waals surface area contributed by atoms with Crippen LogP contribution in [-0.2, 0) is 9.59 Å². The van der Waals surface area contributed by atoms with Crippen LogP contribution in [0.5, 0.6) is 0 Å². The number of carbonyl (C=O) groups is 3. The molecule has 0 fully saturated rings. The van der Waals surface area contributed by atoms with E-state index in [-0.39, 0.29) is 18.2 Å². The Morgan fingerprint density at radius 1 is 1.22 bits per heavy atom. The molecule has 122 valence electrons. The van der Waals surface area contributed by atoms with Crippen molar-refractivity contribution in [2.75, 3.05) is 6.54 Å². The lowest BCUT2D eigenvalue weighted by molar-refractivity contribution is -0.120. The molecule has 1 aromatic rings. The number of nitrogens with zero attached hydrogens (tertiary/aromatic N) is 1. The van der Waals surface area contributed by atoms with E-state index in [9.17, 15) is 14.4 Å². The maximum atomic E-state index is 12.3. The molecule has 1 aromatic carbocycles. The molecule has 0 spiro atoms. The lowest BCUT2D eigenvalue weighted by Crippen LogP contribution is -2.31. The number of Topliss-reactive ketones (excluding diaryl/α,β-unsaturated/α-hetero) is 1. The van der Waals surface area contributed by atoms with Gasteiger partial charge in [0, 0.05) is 24.9 Å². The molecule has 0 atom stereocenters. The minimum absolute atomic E-state index is 0.150. The maximum Gasteiger partial charge on any atom is 0.260 e. The molecule has 0 aliphatic heterocycles. The third kappa shape index (κ3) is 6.45. The Labute approximate surface area is 137 Å². The summed E-state index contributed by atoms with van der Waals surface area (Å²) in [6.45, 7) is 5.56. The molecule has 2 amide bonds. The zero-order valence-corrected chi connectivity index (χ0v) is 13.6. The second-order valence-corrected chi connectivity index (χ2v) is 5.36. The number of benzene rings is 1. The van der Waals surface area contributed by atoms with Gasteiger partial charge < -0.3 is 0 Å². The maximum absolute atomic E-state index is 12.3. The number of hydrogen-bond donors (Lipinski definition) is 0. The van der Waals surface area contributed by atoms with Crippen LogP contribution in [0.15, 0.2) is 42.7 Å². The molecule has 0 saturated carbocycles. The fraction of sp³-hybridized carbons (Fsp3) is 0.368. The summed E-state index contributed by atoms with van der Waals surface area (Å²) in [5.41, 5.74) is 4.02. The Kier molecular flexibility index (Phi) is 8.33. The third-order valence-electron chi connectivity index (χ3n) is 3.57. The van der Waals surface area contributed by atoms with Crippen LogP contribution in [0.3, 0.4) is 0 Å². The summed E-state index contributed by atoms with van der Waals surface area (Å²) in [5, 5.41) is 0. The van der Waals surface area contributed by atoms with Gasteiger partial charge in [-0.3, -0.25) is 19.3 Å². The van der Waals surface area contributed by atoms with Crippen molar-refractivity contribution in [1.82, 2.24) is 4.90 Å². The molecule has 0 bridgehead atoms. The molecule has 0 aliphatic rings. The minimum Gasteiger partial charge on any atom is -0.300 e. The number of carbonyl (C=O) groups excluding carboxylic acids is 3. The van der Waals surface area contributed by atoms with Crippen molar-refractivity contribution in [3.05, 3.63) is 53.8 Å². The van der Waals surface area contributed by atoms with E-state index < -0.39 is 0 Å². The largest absolute Gasteiger partial charge is 0.300 e. The van der Waals surface area contributed by atoms with E-state index in [1.807, 2.05) is 25.1 Å². The van der Waals surface area contributed by atoms with Crippen molar-refractivity contribution in [1.29, 1.82) is 0 Å². The molecule has 0 radical (unpaired) electrons. The van der Waals surface area contributed by atoms with E-state index in [1.54, 1.807) is 12.1 Å².